The lowest BCUT2D eigenvalue weighted by atomic mass is 10.1. The molecule has 7 nitrogen and oxygen atoms in total. The molecular formula is C16H13N3O4. The third-order valence-corrected chi connectivity index (χ3v) is 3.28. The summed E-state index contributed by atoms with van der Waals surface area (Å²) in [6, 6.07) is 9.84. The molecule has 0 aliphatic heterocycles. The second-order valence-electron chi connectivity index (χ2n) is 4.77. The highest BCUT2D eigenvalue weighted by molar-refractivity contribution is 6.04. The van der Waals surface area contributed by atoms with Crippen molar-refractivity contribution in [1.82, 2.24) is 9.38 Å². The van der Waals surface area contributed by atoms with Gasteiger partial charge in [-0.15, -0.1) is 0 Å². The largest absolute Gasteiger partial charge is 0.496 e. The van der Waals surface area contributed by atoms with Crippen LogP contribution < -0.4 is 10.1 Å². The molecule has 2 aromatic heterocycles. The number of pyridine rings is 1. The number of carboxylic acids is 1. The van der Waals surface area contributed by atoms with Gasteiger partial charge in [-0.25, -0.2) is 9.78 Å². The van der Waals surface area contributed by atoms with E-state index in [0.29, 0.717) is 11.3 Å². The Bertz CT molecular complexity index is 868. The van der Waals surface area contributed by atoms with Gasteiger partial charge in [0, 0.05) is 18.1 Å². The minimum Gasteiger partial charge on any atom is -0.496 e. The van der Waals surface area contributed by atoms with Crippen molar-refractivity contribution in [2.24, 2.45) is 0 Å². The number of nitrogens with one attached hydrogen (secondary N) is 1. The molecule has 0 radical (unpaired) electrons. The summed E-state index contributed by atoms with van der Waals surface area (Å²) < 4.78 is 6.71. The average Bonchev–Trinajstić information content (AvgIpc) is 2.99. The Labute approximate surface area is 131 Å². The molecule has 1 amide bonds. The van der Waals surface area contributed by atoms with Gasteiger partial charge in [-0.3, -0.25) is 4.79 Å². The Kier molecular flexibility index (Phi) is 3.68. The Hall–Kier alpha value is -3.35. The van der Waals surface area contributed by atoms with Crippen LogP contribution in [0.5, 0.6) is 5.75 Å². The van der Waals surface area contributed by atoms with Crippen molar-refractivity contribution < 1.29 is 19.4 Å². The number of imidazole rings is 1. The topological polar surface area (TPSA) is 92.9 Å². The fraction of sp³-hybridized carbons (Fsp3) is 0.0625. The molecular weight excluding hydrogens is 298 g/mol. The van der Waals surface area contributed by atoms with Crippen LogP contribution in [0.4, 0.5) is 5.69 Å². The van der Waals surface area contributed by atoms with Crippen LogP contribution in [-0.4, -0.2) is 33.5 Å². The first-order chi connectivity index (χ1) is 11.1. The summed E-state index contributed by atoms with van der Waals surface area (Å²) in [6.07, 6.45) is 3.39. The quantitative estimate of drug-likeness (QED) is 0.771. The number of carboxylic acid groups (broad SMARTS) is 1. The number of rotatable bonds is 4. The molecule has 0 saturated carbocycles. The summed E-state index contributed by atoms with van der Waals surface area (Å²) in [4.78, 5) is 27.7. The van der Waals surface area contributed by atoms with Gasteiger partial charge in [-0.2, -0.15) is 0 Å². The fourth-order valence-corrected chi connectivity index (χ4v) is 2.19. The lowest BCUT2D eigenvalue weighted by Gasteiger charge is -2.08. The van der Waals surface area contributed by atoms with Crippen LogP contribution in [0.15, 0.2) is 48.8 Å². The zero-order chi connectivity index (χ0) is 16.4. The van der Waals surface area contributed by atoms with E-state index in [-0.39, 0.29) is 17.0 Å². The molecule has 3 rings (SSSR count). The number of benzene rings is 1. The molecule has 7 heteroatoms. The van der Waals surface area contributed by atoms with E-state index in [2.05, 4.69) is 10.3 Å². The van der Waals surface area contributed by atoms with Crippen LogP contribution >= 0.6 is 0 Å². The van der Waals surface area contributed by atoms with Crippen LogP contribution in [-0.2, 0) is 0 Å². The summed E-state index contributed by atoms with van der Waals surface area (Å²) in [5, 5.41) is 11.8. The van der Waals surface area contributed by atoms with Gasteiger partial charge in [0.1, 0.15) is 22.7 Å². The van der Waals surface area contributed by atoms with Gasteiger partial charge < -0.3 is 19.6 Å². The number of carbonyl (C=O) groups is 2. The SMILES string of the molecule is COc1ccc(NC(=O)c2cn3ccccc3n2)cc1C(=O)O. The summed E-state index contributed by atoms with van der Waals surface area (Å²) in [5.74, 6) is -1.33. The standard InChI is InChI=1S/C16H13N3O4/c1-23-13-6-5-10(8-11(13)16(21)22)17-15(20)12-9-19-7-3-2-4-14(19)18-12/h2-9H,1H3,(H,17,20)(H,21,22). The van der Waals surface area contributed by atoms with E-state index in [1.54, 1.807) is 28.9 Å². The molecule has 0 aliphatic rings. The molecule has 23 heavy (non-hydrogen) atoms. The minimum atomic E-state index is -1.13. The molecule has 2 N–H and O–H groups in total. The van der Waals surface area contributed by atoms with Gasteiger partial charge in [0.05, 0.1) is 7.11 Å². The van der Waals surface area contributed by atoms with Gasteiger partial charge in [-0.1, -0.05) is 6.07 Å². The van der Waals surface area contributed by atoms with Crippen molar-refractivity contribution in [2.75, 3.05) is 12.4 Å². The summed E-state index contributed by atoms with van der Waals surface area (Å²) in [7, 11) is 1.39. The van der Waals surface area contributed by atoms with E-state index in [1.165, 1.54) is 19.2 Å². The number of aromatic carboxylic acids is 1. The van der Waals surface area contributed by atoms with E-state index in [9.17, 15) is 9.59 Å². The maximum Gasteiger partial charge on any atom is 0.339 e. The minimum absolute atomic E-state index is 0.0275. The van der Waals surface area contributed by atoms with Crippen molar-refractivity contribution in [3.8, 4) is 5.75 Å². The molecule has 0 aliphatic carbocycles. The van der Waals surface area contributed by atoms with E-state index in [4.69, 9.17) is 9.84 Å². The van der Waals surface area contributed by atoms with Crippen LogP contribution in [0.2, 0.25) is 0 Å². The van der Waals surface area contributed by atoms with Crippen molar-refractivity contribution in [1.29, 1.82) is 0 Å². The number of carbonyl (C=O) groups excluding carboxylic acids is 1. The molecule has 0 spiro atoms. The predicted molar refractivity (Wildman–Crippen MR) is 83.1 cm³/mol. The lowest BCUT2D eigenvalue weighted by Crippen LogP contribution is -2.13. The molecule has 3 aromatic rings. The summed E-state index contributed by atoms with van der Waals surface area (Å²) in [5.41, 5.74) is 1.22. The predicted octanol–water partition coefficient (Wildman–Crippen LogP) is 2.29. The number of anilines is 1. The molecule has 0 bridgehead atoms. The maximum absolute atomic E-state index is 12.3. The highest BCUT2D eigenvalue weighted by Crippen LogP contribution is 2.23. The Morgan fingerprint density at radius 3 is 2.78 bits per heavy atom. The van der Waals surface area contributed by atoms with Gasteiger partial charge in [0.15, 0.2) is 0 Å². The van der Waals surface area contributed by atoms with Crippen molar-refractivity contribution in [2.45, 2.75) is 0 Å². The van der Waals surface area contributed by atoms with Crippen LogP contribution in [0.1, 0.15) is 20.8 Å². The van der Waals surface area contributed by atoms with Crippen molar-refractivity contribution in [3.63, 3.8) is 0 Å². The maximum atomic E-state index is 12.3. The monoisotopic (exact) mass is 311 g/mol. The van der Waals surface area contributed by atoms with Crippen LogP contribution in [0.3, 0.4) is 0 Å². The zero-order valence-electron chi connectivity index (χ0n) is 12.2. The van der Waals surface area contributed by atoms with Crippen LogP contribution in [0.25, 0.3) is 5.65 Å². The second kappa shape index (κ2) is 5.80. The summed E-state index contributed by atoms with van der Waals surface area (Å²) >= 11 is 0. The Balaban J connectivity index is 1.87. The lowest BCUT2D eigenvalue weighted by molar-refractivity contribution is 0.0693. The van der Waals surface area contributed by atoms with E-state index >= 15 is 0 Å². The highest BCUT2D eigenvalue weighted by Gasteiger charge is 2.15. The number of methoxy groups -OCH3 is 1. The first-order valence-electron chi connectivity index (χ1n) is 6.75. The number of aromatic nitrogens is 2. The highest BCUT2D eigenvalue weighted by atomic mass is 16.5. The van der Waals surface area contributed by atoms with Gasteiger partial charge in [0.2, 0.25) is 0 Å². The zero-order valence-corrected chi connectivity index (χ0v) is 12.2. The molecule has 1 aromatic carbocycles. The summed E-state index contributed by atoms with van der Waals surface area (Å²) in [6.45, 7) is 0. The Morgan fingerprint density at radius 2 is 2.09 bits per heavy atom. The molecule has 0 atom stereocenters. The van der Waals surface area contributed by atoms with Gasteiger partial charge >= 0.3 is 5.97 Å². The van der Waals surface area contributed by atoms with E-state index in [0.717, 1.165) is 0 Å². The average molecular weight is 311 g/mol. The molecule has 116 valence electrons. The third kappa shape index (κ3) is 2.84. The number of fused-ring (bicyclic) bond motifs is 1. The second-order valence-corrected chi connectivity index (χ2v) is 4.77. The number of nitrogens with zero attached hydrogens (tertiary/aromatic N) is 2. The van der Waals surface area contributed by atoms with E-state index in [1.807, 2.05) is 12.1 Å². The fourth-order valence-electron chi connectivity index (χ4n) is 2.19. The first kappa shape index (κ1) is 14.6. The Morgan fingerprint density at radius 1 is 1.26 bits per heavy atom. The molecule has 0 fully saturated rings. The third-order valence-electron chi connectivity index (χ3n) is 3.28. The van der Waals surface area contributed by atoms with Crippen LogP contribution in [0, 0.1) is 0 Å². The normalized spacial score (nSPS) is 10.5. The first-order valence-corrected chi connectivity index (χ1v) is 6.75. The number of ether oxygens (including phenoxy) is 1. The molecule has 0 saturated heterocycles. The van der Waals surface area contributed by atoms with Gasteiger partial charge in [0.25, 0.3) is 5.91 Å². The number of amides is 1. The number of hydrogen-bond donors (Lipinski definition) is 2. The smallest absolute Gasteiger partial charge is 0.339 e. The van der Waals surface area contributed by atoms with Gasteiger partial charge in [-0.05, 0) is 30.3 Å². The van der Waals surface area contributed by atoms with Crippen molar-refractivity contribution in [3.05, 3.63) is 60.0 Å². The van der Waals surface area contributed by atoms with Crippen molar-refractivity contribution >= 4 is 23.2 Å². The molecule has 2 heterocycles. The van der Waals surface area contributed by atoms with E-state index < -0.39 is 11.9 Å². The number of hydrogen-bond acceptors (Lipinski definition) is 4. The molecule has 0 unspecified atom stereocenters.